The van der Waals surface area contributed by atoms with E-state index in [4.69, 9.17) is 4.74 Å². The van der Waals surface area contributed by atoms with Gasteiger partial charge in [0.15, 0.2) is 0 Å². The first-order chi connectivity index (χ1) is 12.9. The van der Waals surface area contributed by atoms with Crippen LogP contribution in [0, 0.1) is 13.8 Å². The highest BCUT2D eigenvalue weighted by molar-refractivity contribution is 9.10. The van der Waals surface area contributed by atoms with E-state index in [1.165, 1.54) is 22.2 Å². The molecule has 0 aliphatic rings. The zero-order valence-electron chi connectivity index (χ0n) is 15.3. The van der Waals surface area contributed by atoms with Crippen LogP contribution in [0.1, 0.15) is 22.4 Å². The lowest BCUT2D eigenvalue weighted by molar-refractivity contribution is -0.121. The lowest BCUT2D eigenvalue weighted by Gasteiger charge is -2.11. The summed E-state index contributed by atoms with van der Waals surface area (Å²) in [6, 6.07) is 5.63. The summed E-state index contributed by atoms with van der Waals surface area (Å²) in [5.74, 6) is 0.579. The van der Waals surface area contributed by atoms with Crippen molar-refractivity contribution in [1.82, 2.24) is 14.9 Å². The summed E-state index contributed by atoms with van der Waals surface area (Å²) < 4.78 is 7.72. The van der Waals surface area contributed by atoms with Crippen molar-refractivity contribution in [2.24, 2.45) is 0 Å². The van der Waals surface area contributed by atoms with Gasteiger partial charge in [0.2, 0.25) is 5.91 Å². The number of carbonyl (C=O) groups excluding carboxylic acids is 1. The van der Waals surface area contributed by atoms with Crippen molar-refractivity contribution in [1.29, 1.82) is 0 Å². The molecule has 6 nitrogen and oxygen atoms in total. The van der Waals surface area contributed by atoms with Gasteiger partial charge in [-0.2, -0.15) is 0 Å². The maximum atomic E-state index is 12.7. The molecule has 0 atom stereocenters. The van der Waals surface area contributed by atoms with Gasteiger partial charge in [-0.3, -0.25) is 14.2 Å². The number of thiophene rings is 1. The van der Waals surface area contributed by atoms with Crippen LogP contribution in [0.4, 0.5) is 0 Å². The quantitative estimate of drug-likeness (QED) is 0.624. The van der Waals surface area contributed by atoms with Crippen LogP contribution in [0.2, 0.25) is 0 Å². The highest BCUT2D eigenvalue weighted by Gasteiger charge is 2.13. The van der Waals surface area contributed by atoms with Crippen LogP contribution in [0.25, 0.3) is 10.2 Å². The first-order valence-corrected chi connectivity index (χ1v) is 10.1. The maximum absolute atomic E-state index is 12.7. The fraction of sp³-hybridized carbons (Fsp3) is 0.316. The smallest absolute Gasteiger partial charge is 0.262 e. The molecule has 3 rings (SSSR count). The van der Waals surface area contributed by atoms with Crippen LogP contribution >= 0.6 is 27.3 Å². The monoisotopic (exact) mass is 449 g/mol. The number of ether oxygens (including phenoxy) is 1. The third-order valence-corrected chi connectivity index (χ3v) is 6.06. The van der Waals surface area contributed by atoms with E-state index in [0.717, 1.165) is 25.3 Å². The molecule has 3 aromatic rings. The number of aromatic nitrogens is 2. The average molecular weight is 450 g/mol. The molecule has 142 valence electrons. The van der Waals surface area contributed by atoms with Crippen LogP contribution in [0.5, 0.6) is 5.75 Å². The van der Waals surface area contributed by atoms with Gasteiger partial charge >= 0.3 is 0 Å². The van der Waals surface area contributed by atoms with Gasteiger partial charge in [-0.15, -0.1) is 11.3 Å². The van der Waals surface area contributed by atoms with Gasteiger partial charge in [0.05, 0.1) is 18.8 Å². The molecule has 1 aromatic carbocycles. The van der Waals surface area contributed by atoms with E-state index in [2.05, 4.69) is 26.2 Å². The van der Waals surface area contributed by atoms with E-state index in [1.54, 1.807) is 7.11 Å². The molecule has 0 radical (unpaired) electrons. The molecule has 0 bridgehead atoms. The molecule has 2 aromatic heterocycles. The number of hydrogen-bond donors (Lipinski definition) is 1. The van der Waals surface area contributed by atoms with E-state index >= 15 is 0 Å². The number of rotatable bonds is 6. The van der Waals surface area contributed by atoms with Crippen molar-refractivity contribution in [2.75, 3.05) is 7.11 Å². The van der Waals surface area contributed by atoms with Gasteiger partial charge in [-0.1, -0.05) is 15.9 Å². The Kier molecular flexibility index (Phi) is 5.96. The van der Waals surface area contributed by atoms with Crippen molar-refractivity contribution in [3.05, 3.63) is 55.4 Å². The number of amides is 1. The Balaban J connectivity index is 1.65. The minimum Gasteiger partial charge on any atom is -0.496 e. The number of carbonyl (C=O) groups is 1. The summed E-state index contributed by atoms with van der Waals surface area (Å²) in [5.41, 5.74) is 1.75. The fourth-order valence-electron chi connectivity index (χ4n) is 2.82. The SMILES string of the molecule is COc1ccc(Br)cc1CNC(=O)CCn1cnc2sc(C)c(C)c2c1=O. The largest absolute Gasteiger partial charge is 0.496 e. The minimum atomic E-state index is -0.137. The Morgan fingerprint density at radius 1 is 1.37 bits per heavy atom. The summed E-state index contributed by atoms with van der Waals surface area (Å²) in [6.07, 6.45) is 1.72. The number of nitrogens with zero attached hydrogens (tertiary/aromatic N) is 2. The lowest BCUT2D eigenvalue weighted by Crippen LogP contribution is -2.27. The molecule has 0 fully saturated rings. The summed E-state index contributed by atoms with van der Waals surface area (Å²) in [5, 5.41) is 3.52. The van der Waals surface area contributed by atoms with E-state index in [-0.39, 0.29) is 24.4 Å². The van der Waals surface area contributed by atoms with Gasteiger partial charge in [0.25, 0.3) is 5.56 Å². The van der Waals surface area contributed by atoms with E-state index in [0.29, 0.717) is 17.7 Å². The molecule has 1 amide bonds. The van der Waals surface area contributed by atoms with Crippen LogP contribution in [-0.4, -0.2) is 22.6 Å². The summed E-state index contributed by atoms with van der Waals surface area (Å²) in [4.78, 5) is 31.1. The molecule has 0 aliphatic carbocycles. The predicted octanol–water partition coefficient (Wildman–Crippen LogP) is 3.55. The average Bonchev–Trinajstić information content (AvgIpc) is 2.94. The van der Waals surface area contributed by atoms with E-state index in [9.17, 15) is 9.59 Å². The Morgan fingerprint density at radius 2 is 2.15 bits per heavy atom. The number of benzene rings is 1. The summed E-state index contributed by atoms with van der Waals surface area (Å²) in [7, 11) is 1.60. The zero-order valence-corrected chi connectivity index (χ0v) is 17.7. The van der Waals surface area contributed by atoms with Gasteiger partial charge < -0.3 is 10.1 Å². The second kappa shape index (κ2) is 8.22. The highest BCUT2D eigenvalue weighted by atomic mass is 79.9. The molecule has 2 heterocycles. The van der Waals surface area contributed by atoms with Crippen molar-refractivity contribution in [3.8, 4) is 5.75 Å². The van der Waals surface area contributed by atoms with Crippen LogP contribution in [-0.2, 0) is 17.9 Å². The Labute approximate surface area is 169 Å². The standard InChI is InChI=1S/C19H20BrN3O3S/c1-11-12(2)27-18-17(11)19(25)23(10-22-18)7-6-16(24)21-9-13-8-14(20)4-5-15(13)26-3/h4-5,8,10H,6-7,9H2,1-3H3,(H,21,24). The Morgan fingerprint density at radius 3 is 2.89 bits per heavy atom. The number of fused-ring (bicyclic) bond motifs is 1. The molecule has 0 saturated heterocycles. The molecule has 0 saturated carbocycles. The van der Waals surface area contributed by atoms with E-state index < -0.39 is 0 Å². The van der Waals surface area contributed by atoms with Crippen molar-refractivity contribution < 1.29 is 9.53 Å². The first-order valence-electron chi connectivity index (χ1n) is 8.45. The second-order valence-electron chi connectivity index (χ2n) is 6.19. The van der Waals surface area contributed by atoms with Gasteiger partial charge in [0.1, 0.15) is 10.6 Å². The number of nitrogens with one attached hydrogen (secondary N) is 1. The zero-order chi connectivity index (χ0) is 19.6. The van der Waals surface area contributed by atoms with Crippen LogP contribution in [0.15, 0.2) is 33.8 Å². The van der Waals surface area contributed by atoms with Gasteiger partial charge in [-0.25, -0.2) is 4.98 Å². The summed E-state index contributed by atoms with van der Waals surface area (Å²) >= 11 is 4.93. The second-order valence-corrected chi connectivity index (χ2v) is 8.31. The highest BCUT2D eigenvalue weighted by Crippen LogP contribution is 2.25. The first kappa shape index (κ1) is 19.6. The van der Waals surface area contributed by atoms with Crippen LogP contribution < -0.4 is 15.6 Å². The topological polar surface area (TPSA) is 73.2 Å². The number of methoxy groups -OCH3 is 1. The number of aryl methyl sites for hydroxylation is 3. The van der Waals surface area contributed by atoms with Crippen molar-refractivity contribution in [2.45, 2.75) is 33.4 Å². The van der Waals surface area contributed by atoms with Crippen LogP contribution in [0.3, 0.4) is 0 Å². The number of halogens is 1. The van der Waals surface area contributed by atoms with E-state index in [1.807, 2.05) is 32.0 Å². The Hall–Kier alpha value is -2.19. The maximum Gasteiger partial charge on any atom is 0.262 e. The molecule has 0 unspecified atom stereocenters. The predicted molar refractivity (Wildman–Crippen MR) is 111 cm³/mol. The van der Waals surface area contributed by atoms with Crippen molar-refractivity contribution in [3.63, 3.8) is 0 Å². The number of hydrogen-bond acceptors (Lipinski definition) is 5. The molecule has 0 spiro atoms. The molecule has 1 N–H and O–H groups in total. The molecule has 27 heavy (non-hydrogen) atoms. The lowest BCUT2D eigenvalue weighted by atomic mass is 10.2. The minimum absolute atomic E-state index is 0.0942. The molecular weight excluding hydrogens is 430 g/mol. The molecular formula is C19H20BrN3O3S. The Bertz CT molecular complexity index is 1060. The van der Waals surface area contributed by atoms with Gasteiger partial charge in [-0.05, 0) is 37.6 Å². The van der Waals surface area contributed by atoms with Crippen molar-refractivity contribution >= 4 is 43.4 Å². The molecule has 8 heteroatoms. The fourth-order valence-corrected chi connectivity index (χ4v) is 4.21. The third-order valence-electron chi connectivity index (χ3n) is 4.45. The van der Waals surface area contributed by atoms with Gasteiger partial charge in [0, 0.05) is 34.4 Å². The summed E-state index contributed by atoms with van der Waals surface area (Å²) in [6.45, 7) is 4.56. The molecule has 0 aliphatic heterocycles. The normalized spacial score (nSPS) is 11.0. The third kappa shape index (κ3) is 4.22.